The van der Waals surface area contributed by atoms with Crippen LogP contribution in [0.4, 0.5) is 5.69 Å². The van der Waals surface area contributed by atoms with Crippen molar-refractivity contribution in [1.29, 1.82) is 0 Å². The molecule has 0 aliphatic carbocycles. The van der Waals surface area contributed by atoms with E-state index in [0.717, 1.165) is 37.5 Å². The molecule has 4 nitrogen and oxygen atoms in total. The van der Waals surface area contributed by atoms with Crippen molar-refractivity contribution < 1.29 is 9.84 Å². The van der Waals surface area contributed by atoms with E-state index in [4.69, 9.17) is 4.74 Å². The Morgan fingerprint density at radius 2 is 1.54 bits per heavy atom. The zero-order valence-electron chi connectivity index (χ0n) is 14.4. The number of hydrogen-bond acceptors (Lipinski definition) is 4. The molecule has 4 heteroatoms. The highest BCUT2D eigenvalue weighted by atomic mass is 16.5. The number of anilines is 1. The lowest BCUT2D eigenvalue weighted by Crippen LogP contribution is -2.51. The molecule has 2 aromatic carbocycles. The van der Waals surface area contributed by atoms with E-state index in [1.807, 2.05) is 42.5 Å². The van der Waals surface area contributed by atoms with Crippen LogP contribution < -0.4 is 9.64 Å². The first-order chi connectivity index (χ1) is 11.7. The van der Waals surface area contributed by atoms with Crippen LogP contribution in [0.15, 0.2) is 54.6 Å². The summed E-state index contributed by atoms with van der Waals surface area (Å²) in [7, 11) is 1.69. The first-order valence-corrected chi connectivity index (χ1v) is 8.55. The van der Waals surface area contributed by atoms with Crippen molar-refractivity contribution in [2.45, 2.75) is 19.1 Å². The quantitative estimate of drug-likeness (QED) is 0.916. The lowest BCUT2D eigenvalue weighted by atomic mass is 10.0. The molecule has 0 aromatic heterocycles. The minimum Gasteiger partial charge on any atom is -0.497 e. The zero-order chi connectivity index (χ0) is 16.9. The molecule has 2 atom stereocenters. The van der Waals surface area contributed by atoms with Crippen molar-refractivity contribution in [2.24, 2.45) is 0 Å². The smallest absolute Gasteiger partial charge is 0.119 e. The summed E-state index contributed by atoms with van der Waals surface area (Å²) < 4.78 is 5.22. The Bertz CT molecular complexity index is 622. The Hall–Kier alpha value is -2.04. The summed E-state index contributed by atoms with van der Waals surface area (Å²) in [6.07, 6.45) is -0.446. The lowest BCUT2D eigenvalue weighted by Gasteiger charge is -2.40. The van der Waals surface area contributed by atoms with Gasteiger partial charge in [0, 0.05) is 37.9 Å². The summed E-state index contributed by atoms with van der Waals surface area (Å²) in [5.41, 5.74) is 2.22. The van der Waals surface area contributed by atoms with Crippen molar-refractivity contribution in [3.05, 3.63) is 60.2 Å². The van der Waals surface area contributed by atoms with Crippen LogP contribution in [0.2, 0.25) is 0 Å². The van der Waals surface area contributed by atoms with Crippen LogP contribution in [0, 0.1) is 0 Å². The molecule has 0 spiro atoms. The Morgan fingerprint density at radius 1 is 0.917 bits per heavy atom. The summed E-state index contributed by atoms with van der Waals surface area (Å²) in [5.74, 6) is 0.886. The van der Waals surface area contributed by atoms with Crippen LogP contribution >= 0.6 is 0 Å². The van der Waals surface area contributed by atoms with E-state index in [1.54, 1.807) is 7.11 Å². The Balaban J connectivity index is 1.58. The molecule has 1 aliphatic rings. The third kappa shape index (κ3) is 3.71. The first-order valence-electron chi connectivity index (χ1n) is 8.55. The lowest BCUT2D eigenvalue weighted by molar-refractivity contribution is 0.0546. The van der Waals surface area contributed by atoms with E-state index in [2.05, 4.69) is 28.9 Å². The molecule has 128 valence electrons. The summed E-state index contributed by atoms with van der Waals surface area (Å²) in [6.45, 7) is 5.96. The zero-order valence-corrected chi connectivity index (χ0v) is 14.4. The van der Waals surface area contributed by atoms with Crippen molar-refractivity contribution in [1.82, 2.24) is 4.90 Å². The molecule has 1 N–H and O–H groups in total. The van der Waals surface area contributed by atoms with Crippen LogP contribution in [0.25, 0.3) is 0 Å². The minimum atomic E-state index is -0.446. The van der Waals surface area contributed by atoms with Gasteiger partial charge in [-0.25, -0.2) is 0 Å². The average molecular weight is 326 g/mol. The van der Waals surface area contributed by atoms with Gasteiger partial charge in [0.15, 0.2) is 0 Å². The van der Waals surface area contributed by atoms with Gasteiger partial charge in [0.1, 0.15) is 5.75 Å². The van der Waals surface area contributed by atoms with Gasteiger partial charge in [-0.05, 0) is 36.8 Å². The van der Waals surface area contributed by atoms with Gasteiger partial charge in [-0.15, -0.1) is 0 Å². The van der Waals surface area contributed by atoms with Crippen LogP contribution in [-0.2, 0) is 0 Å². The van der Waals surface area contributed by atoms with Crippen LogP contribution in [0.1, 0.15) is 18.6 Å². The summed E-state index contributed by atoms with van der Waals surface area (Å²) in [4.78, 5) is 4.76. The van der Waals surface area contributed by atoms with Crippen LogP contribution in [0.3, 0.4) is 0 Å². The number of benzene rings is 2. The maximum Gasteiger partial charge on any atom is 0.119 e. The van der Waals surface area contributed by atoms with Gasteiger partial charge in [-0.3, -0.25) is 4.90 Å². The topological polar surface area (TPSA) is 35.9 Å². The molecule has 0 bridgehead atoms. The van der Waals surface area contributed by atoms with Gasteiger partial charge in [-0.1, -0.05) is 30.3 Å². The fraction of sp³-hybridized carbons (Fsp3) is 0.400. The molecule has 1 aliphatic heterocycles. The second-order valence-electron chi connectivity index (χ2n) is 6.32. The molecule has 24 heavy (non-hydrogen) atoms. The highest BCUT2D eigenvalue weighted by molar-refractivity contribution is 5.49. The fourth-order valence-electron chi connectivity index (χ4n) is 3.31. The fourth-order valence-corrected chi connectivity index (χ4v) is 3.31. The van der Waals surface area contributed by atoms with E-state index in [0.29, 0.717) is 0 Å². The van der Waals surface area contributed by atoms with Gasteiger partial charge < -0.3 is 14.7 Å². The molecular formula is C20H26N2O2. The third-order valence-electron chi connectivity index (χ3n) is 4.93. The highest BCUT2D eigenvalue weighted by Gasteiger charge is 2.26. The van der Waals surface area contributed by atoms with E-state index < -0.39 is 6.10 Å². The van der Waals surface area contributed by atoms with Crippen molar-refractivity contribution in [3.63, 3.8) is 0 Å². The van der Waals surface area contributed by atoms with E-state index >= 15 is 0 Å². The molecular weight excluding hydrogens is 300 g/mol. The molecule has 2 unspecified atom stereocenters. The maximum absolute atomic E-state index is 10.6. The normalized spacial score (nSPS) is 18.2. The predicted octanol–water partition coefficient (Wildman–Crippen LogP) is 2.94. The molecule has 0 radical (unpaired) electrons. The van der Waals surface area contributed by atoms with Crippen molar-refractivity contribution >= 4 is 5.69 Å². The van der Waals surface area contributed by atoms with Crippen molar-refractivity contribution in [3.8, 4) is 5.75 Å². The van der Waals surface area contributed by atoms with E-state index in [-0.39, 0.29) is 6.04 Å². The van der Waals surface area contributed by atoms with Gasteiger partial charge in [0.05, 0.1) is 13.2 Å². The third-order valence-corrected chi connectivity index (χ3v) is 4.93. The standard InChI is InChI=1S/C20H26N2O2/c1-16(20(23)17-6-4-3-5-7-17)21-12-14-22(15-13-21)18-8-10-19(24-2)11-9-18/h3-11,16,20,23H,12-15H2,1-2H3. The molecule has 2 aromatic rings. The number of ether oxygens (including phenoxy) is 1. The number of piperazine rings is 1. The predicted molar refractivity (Wildman–Crippen MR) is 97.6 cm³/mol. The average Bonchev–Trinajstić information content (AvgIpc) is 2.68. The second kappa shape index (κ2) is 7.69. The van der Waals surface area contributed by atoms with Crippen LogP contribution in [-0.4, -0.2) is 49.3 Å². The van der Waals surface area contributed by atoms with Gasteiger partial charge in [-0.2, -0.15) is 0 Å². The van der Waals surface area contributed by atoms with E-state index in [1.165, 1.54) is 5.69 Å². The molecule has 1 heterocycles. The minimum absolute atomic E-state index is 0.116. The first kappa shape index (κ1) is 16.8. The highest BCUT2D eigenvalue weighted by Crippen LogP contribution is 2.24. The Morgan fingerprint density at radius 3 is 2.12 bits per heavy atom. The summed E-state index contributed by atoms with van der Waals surface area (Å²) in [6, 6.07) is 18.3. The molecule has 3 rings (SSSR count). The van der Waals surface area contributed by atoms with Gasteiger partial charge in [0.2, 0.25) is 0 Å². The number of nitrogens with zero attached hydrogens (tertiary/aromatic N) is 2. The van der Waals surface area contributed by atoms with Crippen LogP contribution in [0.5, 0.6) is 5.75 Å². The number of rotatable bonds is 5. The molecule has 1 fully saturated rings. The Labute approximate surface area is 144 Å². The summed E-state index contributed by atoms with van der Waals surface area (Å²) >= 11 is 0. The number of hydrogen-bond donors (Lipinski definition) is 1. The summed E-state index contributed by atoms with van der Waals surface area (Å²) in [5, 5.41) is 10.6. The monoisotopic (exact) mass is 326 g/mol. The Kier molecular flexibility index (Phi) is 5.38. The van der Waals surface area contributed by atoms with Gasteiger partial charge >= 0.3 is 0 Å². The number of methoxy groups -OCH3 is 1. The molecule has 0 amide bonds. The number of aliphatic hydroxyl groups excluding tert-OH is 1. The SMILES string of the molecule is COc1ccc(N2CCN(C(C)C(O)c3ccccc3)CC2)cc1. The number of aliphatic hydroxyl groups is 1. The van der Waals surface area contributed by atoms with Crippen molar-refractivity contribution in [2.75, 3.05) is 38.2 Å². The largest absolute Gasteiger partial charge is 0.497 e. The van der Waals surface area contributed by atoms with E-state index in [9.17, 15) is 5.11 Å². The molecule has 1 saturated heterocycles. The second-order valence-corrected chi connectivity index (χ2v) is 6.32. The van der Waals surface area contributed by atoms with Gasteiger partial charge in [0.25, 0.3) is 0 Å². The maximum atomic E-state index is 10.6. The molecule has 0 saturated carbocycles.